The van der Waals surface area contributed by atoms with Crippen LogP contribution in [0.5, 0.6) is 0 Å². The number of nitrogens with one attached hydrogen (secondary N) is 1. The first-order valence-corrected chi connectivity index (χ1v) is 12.8. The predicted octanol–water partition coefficient (Wildman–Crippen LogP) is 6.09. The summed E-state index contributed by atoms with van der Waals surface area (Å²) in [4.78, 5) is 12.5. The van der Waals surface area contributed by atoms with Gasteiger partial charge >= 0.3 is 0 Å². The highest BCUT2D eigenvalue weighted by atomic mass is 32.2. The molecule has 0 aliphatic carbocycles. The van der Waals surface area contributed by atoms with Crippen LogP contribution in [0.3, 0.4) is 0 Å². The third-order valence-corrected chi connectivity index (χ3v) is 6.64. The number of hydrogen-bond acceptors (Lipinski definition) is 5. The highest BCUT2D eigenvalue weighted by Crippen LogP contribution is 2.30. The van der Waals surface area contributed by atoms with Gasteiger partial charge in [-0.1, -0.05) is 104 Å². The molecular formula is C29H31N5OS. The Morgan fingerprint density at radius 3 is 2.36 bits per heavy atom. The Morgan fingerprint density at radius 2 is 1.69 bits per heavy atom. The molecule has 3 aromatic carbocycles. The minimum Gasteiger partial charge on any atom is -0.272 e. The zero-order valence-corrected chi connectivity index (χ0v) is 22.1. The normalized spacial score (nSPS) is 11.7. The highest BCUT2D eigenvalue weighted by Gasteiger charge is 2.19. The third kappa shape index (κ3) is 6.29. The minimum atomic E-state index is -0.210. The maximum Gasteiger partial charge on any atom is 0.250 e. The number of amides is 1. The summed E-state index contributed by atoms with van der Waals surface area (Å²) in [6.45, 7) is 10.7. The van der Waals surface area contributed by atoms with Crippen molar-refractivity contribution in [3.63, 3.8) is 0 Å². The average molecular weight is 498 g/mol. The molecule has 1 heterocycles. The van der Waals surface area contributed by atoms with E-state index in [9.17, 15) is 4.79 Å². The van der Waals surface area contributed by atoms with Crippen LogP contribution in [0.1, 0.15) is 43.0 Å². The molecule has 0 unspecified atom stereocenters. The number of carbonyl (C=O) groups is 1. The quantitative estimate of drug-likeness (QED) is 0.190. The molecule has 0 atom stereocenters. The fourth-order valence-corrected chi connectivity index (χ4v) is 4.43. The second-order valence-electron chi connectivity index (χ2n) is 9.80. The summed E-state index contributed by atoms with van der Waals surface area (Å²) < 4.78 is 2.00. The van der Waals surface area contributed by atoms with Crippen molar-refractivity contribution in [2.75, 3.05) is 5.75 Å². The molecule has 0 spiro atoms. The van der Waals surface area contributed by atoms with Crippen LogP contribution in [0.4, 0.5) is 0 Å². The lowest BCUT2D eigenvalue weighted by Gasteiger charge is -2.19. The largest absolute Gasteiger partial charge is 0.272 e. The molecular weight excluding hydrogens is 466 g/mol. The zero-order valence-electron chi connectivity index (χ0n) is 21.3. The van der Waals surface area contributed by atoms with Crippen molar-refractivity contribution in [2.24, 2.45) is 5.10 Å². The van der Waals surface area contributed by atoms with Gasteiger partial charge in [-0.25, -0.2) is 5.43 Å². The number of hydrogen-bond donors (Lipinski definition) is 1. The Hall–Kier alpha value is -3.71. The van der Waals surface area contributed by atoms with E-state index in [-0.39, 0.29) is 17.1 Å². The number of thioether (sulfide) groups is 1. The van der Waals surface area contributed by atoms with Crippen LogP contribution in [-0.4, -0.2) is 32.6 Å². The van der Waals surface area contributed by atoms with Crippen molar-refractivity contribution in [1.29, 1.82) is 0 Å². The van der Waals surface area contributed by atoms with Crippen molar-refractivity contribution >= 4 is 23.9 Å². The van der Waals surface area contributed by atoms with E-state index in [0.717, 1.165) is 28.2 Å². The fourth-order valence-electron chi connectivity index (χ4n) is 3.69. The van der Waals surface area contributed by atoms with Gasteiger partial charge in [-0.15, -0.1) is 10.2 Å². The molecule has 1 amide bonds. The Bertz CT molecular complexity index is 1370. The lowest BCUT2D eigenvalue weighted by Crippen LogP contribution is -2.20. The highest BCUT2D eigenvalue weighted by molar-refractivity contribution is 7.99. The molecule has 0 bridgehead atoms. The topological polar surface area (TPSA) is 72.2 Å². The summed E-state index contributed by atoms with van der Waals surface area (Å²) in [6.07, 6.45) is 1.64. The van der Waals surface area contributed by atoms with Crippen LogP contribution in [0.2, 0.25) is 0 Å². The molecule has 0 radical (unpaired) electrons. The monoisotopic (exact) mass is 497 g/mol. The van der Waals surface area contributed by atoms with Crippen molar-refractivity contribution < 1.29 is 4.79 Å². The number of aryl methyl sites for hydroxylation is 2. The van der Waals surface area contributed by atoms with Crippen LogP contribution >= 0.6 is 11.8 Å². The van der Waals surface area contributed by atoms with Gasteiger partial charge in [0.2, 0.25) is 0 Å². The molecule has 0 fully saturated rings. The Kier molecular flexibility index (Phi) is 7.70. The van der Waals surface area contributed by atoms with Gasteiger partial charge in [0.1, 0.15) is 0 Å². The van der Waals surface area contributed by atoms with Gasteiger partial charge in [-0.05, 0) is 42.5 Å². The molecule has 6 nitrogen and oxygen atoms in total. The first-order chi connectivity index (χ1) is 17.2. The van der Waals surface area contributed by atoms with Gasteiger partial charge in [-0.2, -0.15) is 5.10 Å². The Morgan fingerprint density at radius 1 is 0.972 bits per heavy atom. The number of aromatic nitrogens is 3. The zero-order chi connectivity index (χ0) is 25.7. The summed E-state index contributed by atoms with van der Waals surface area (Å²) in [5, 5.41) is 13.7. The van der Waals surface area contributed by atoms with Crippen LogP contribution in [-0.2, 0) is 10.2 Å². The molecule has 1 N–H and O–H groups in total. The van der Waals surface area contributed by atoms with E-state index < -0.39 is 0 Å². The van der Waals surface area contributed by atoms with Gasteiger partial charge in [0, 0.05) is 11.3 Å². The van der Waals surface area contributed by atoms with E-state index in [1.807, 2.05) is 47.9 Å². The van der Waals surface area contributed by atoms with E-state index in [1.54, 1.807) is 6.21 Å². The van der Waals surface area contributed by atoms with E-state index >= 15 is 0 Å². The summed E-state index contributed by atoms with van der Waals surface area (Å²) >= 11 is 1.33. The summed E-state index contributed by atoms with van der Waals surface area (Å²) in [7, 11) is 0. The maximum atomic E-state index is 12.5. The maximum absolute atomic E-state index is 12.5. The summed E-state index contributed by atoms with van der Waals surface area (Å²) in [5.41, 5.74) is 9.08. The van der Waals surface area contributed by atoms with E-state index in [0.29, 0.717) is 5.16 Å². The van der Waals surface area contributed by atoms with Crippen LogP contribution in [0.15, 0.2) is 83.1 Å². The average Bonchev–Trinajstić information content (AvgIpc) is 3.27. The van der Waals surface area contributed by atoms with Gasteiger partial charge in [0.25, 0.3) is 5.91 Å². The number of nitrogens with zero attached hydrogens (tertiary/aromatic N) is 4. The van der Waals surface area contributed by atoms with E-state index in [4.69, 9.17) is 0 Å². The molecule has 36 heavy (non-hydrogen) atoms. The molecule has 184 valence electrons. The Labute approximate surface area is 216 Å². The third-order valence-electron chi connectivity index (χ3n) is 5.71. The number of hydrazone groups is 1. The lowest BCUT2D eigenvalue weighted by molar-refractivity contribution is -0.118. The van der Waals surface area contributed by atoms with Gasteiger partial charge in [-0.3, -0.25) is 9.36 Å². The molecule has 4 aromatic rings. The predicted molar refractivity (Wildman–Crippen MR) is 148 cm³/mol. The number of rotatable bonds is 7. The smallest absolute Gasteiger partial charge is 0.250 e. The number of carbonyl (C=O) groups excluding carboxylic acids is 1. The van der Waals surface area contributed by atoms with E-state index in [2.05, 4.69) is 84.8 Å². The fraction of sp³-hybridized carbons (Fsp3) is 0.241. The molecule has 4 rings (SSSR count). The molecule has 1 aromatic heterocycles. The standard InChI is InChI=1S/C29H31N5OS/c1-20-9-15-25(16-10-20)34-27(23-11-13-24(14-12-23)29(3,4)5)32-33-28(34)36-19-26(35)31-30-18-22-8-6-7-21(2)17-22/h6-18H,19H2,1-5H3,(H,31,35)/b30-18-. The first-order valence-electron chi connectivity index (χ1n) is 11.9. The molecule has 0 saturated heterocycles. The van der Waals surface area contributed by atoms with Gasteiger partial charge in [0.15, 0.2) is 11.0 Å². The summed E-state index contributed by atoms with van der Waals surface area (Å²) in [6, 6.07) is 24.6. The van der Waals surface area contributed by atoms with Crippen molar-refractivity contribution in [2.45, 2.75) is 45.2 Å². The molecule has 0 aliphatic heterocycles. The van der Waals surface area contributed by atoms with E-state index in [1.165, 1.54) is 22.9 Å². The number of benzene rings is 3. The van der Waals surface area contributed by atoms with Gasteiger partial charge in [0.05, 0.1) is 12.0 Å². The first kappa shape index (κ1) is 25.4. The summed E-state index contributed by atoms with van der Waals surface area (Å²) in [5.74, 6) is 0.691. The molecule has 0 aliphatic rings. The van der Waals surface area contributed by atoms with Crippen LogP contribution in [0, 0.1) is 13.8 Å². The van der Waals surface area contributed by atoms with Gasteiger partial charge < -0.3 is 0 Å². The second kappa shape index (κ2) is 10.9. The lowest BCUT2D eigenvalue weighted by atomic mass is 9.87. The van der Waals surface area contributed by atoms with Crippen LogP contribution < -0.4 is 5.43 Å². The SMILES string of the molecule is Cc1ccc(-n2c(SCC(=O)N/N=C\c3cccc(C)c3)nnc2-c2ccc(C(C)(C)C)cc2)cc1. The second-order valence-corrected chi connectivity index (χ2v) is 10.7. The van der Waals surface area contributed by atoms with Crippen molar-refractivity contribution in [3.05, 3.63) is 95.1 Å². The van der Waals surface area contributed by atoms with Crippen LogP contribution in [0.25, 0.3) is 17.1 Å². The minimum absolute atomic E-state index is 0.0688. The Balaban J connectivity index is 1.54. The molecule has 7 heteroatoms. The molecule has 0 saturated carbocycles. The van der Waals surface area contributed by atoms with Crippen molar-refractivity contribution in [1.82, 2.24) is 20.2 Å². The van der Waals surface area contributed by atoms with Crippen molar-refractivity contribution in [3.8, 4) is 17.1 Å².